The highest BCUT2D eigenvalue weighted by molar-refractivity contribution is 5.94. The van der Waals surface area contributed by atoms with Gasteiger partial charge in [-0.05, 0) is 43.7 Å². The summed E-state index contributed by atoms with van der Waals surface area (Å²) in [5, 5.41) is 2.95. The molecule has 0 radical (unpaired) electrons. The maximum absolute atomic E-state index is 12.2. The van der Waals surface area contributed by atoms with Gasteiger partial charge in [0.25, 0.3) is 5.91 Å². The fraction of sp³-hybridized carbons (Fsp3) is 0.294. The molecule has 0 fully saturated rings. The van der Waals surface area contributed by atoms with Crippen molar-refractivity contribution in [3.63, 3.8) is 0 Å². The van der Waals surface area contributed by atoms with Crippen LogP contribution in [0.2, 0.25) is 0 Å². The molecular formula is C17H20N2O3. The lowest BCUT2D eigenvalue weighted by Crippen LogP contribution is -2.26. The number of hydrogen-bond donors (Lipinski definition) is 1. The van der Waals surface area contributed by atoms with Gasteiger partial charge in [0.2, 0.25) is 0 Å². The van der Waals surface area contributed by atoms with Crippen molar-refractivity contribution in [1.82, 2.24) is 10.3 Å². The van der Waals surface area contributed by atoms with Gasteiger partial charge in [-0.25, -0.2) is 0 Å². The zero-order valence-electron chi connectivity index (χ0n) is 13.2. The molecule has 0 aliphatic heterocycles. The predicted octanol–water partition coefficient (Wildman–Crippen LogP) is 2.90. The SMILES string of the molecule is COc1ccc(C(C)NC(=O)c2ccc(C)nc2)cc1OC. The Hall–Kier alpha value is -2.56. The second-order valence-corrected chi connectivity index (χ2v) is 5.00. The first kappa shape index (κ1) is 15.8. The number of ether oxygens (including phenoxy) is 2. The van der Waals surface area contributed by atoms with E-state index < -0.39 is 0 Å². The minimum atomic E-state index is -0.159. The summed E-state index contributed by atoms with van der Waals surface area (Å²) in [7, 11) is 3.18. The average molecular weight is 300 g/mol. The highest BCUT2D eigenvalue weighted by atomic mass is 16.5. The third kappa shape index (κ3) is 3.55. The molecule has 1 amide bonds. The molecule has 0 bridgehead atoms. The Labute approximate surface area is 130 Å². The number of rotatable bonds is 5. The number of benzene rings is 1. The van der Waals surface area contributed by atoms with Crippen LogP contribution in [0.25, 0.3) is 0 Å². The molecule has 5 nitrogen and oxygen atoms in total. The van der Waals surface area contributed by atoms with Gasteiger partial charge in [-0.1, -0.05) is 6.07 Å². The third-order valence-corrected chi connectivity index (χ3v) is 3.43. The smallest absolute Gasteiger partial charge is 0.253 e. The number of carbonyl (C=O) groups is 1. The van der Waals surface area contributed by atoms with Crippen LogP contribution in [0, 0.1) is 6.92 Å². The van der Waals surface area contributed by atoms with Crippen molar-refractivity contribution in [3.8, 4) is 11.5 Å². The van der Waals surface area contributed by atoms with E-state index in [1.807, 2.05) is 38.1 Å². The van der Waals surface area contributed by atoms with Gasteiger partial charge in [-0.3, -0.25) is 9.78 Å². The van der Waals surface area contributed by atoms with Crippen LogP contribution in [0.1, 0.15) is 34.6 Å². The molecule has 1 aromatic carbocycles. The Morgan fingerprint density at radius 2 is 1.86 bits per heavy atom. The summed E-state index contributed by atoms with van der Waals surface area (Å²) in [4.78, 5) is 16.3. The topological polar surface area (TPSA) is 60.5 Å². The molecule has 0 saturated carbocycles. The van der Waals surface area contributed by atoms with E-state index in [2.05, 4.69) is 10.3 Å². The molecule has 2 aromatic rings. The molecule has 22 heavy (non-hydrogen) atoms. The normalized spacial score (nSPS) is 11.6. The van der Waals surface area contributed by atoms with E-state index in [0.717, 1.165) is 11.3 Å². The fourth-order valence-electron chi connectivity index (χ4n) is 2.09. The average Bonchev–Trinajstić information content (AvgIpc) is 2.54. The van der Waals surface area contributed by atoms with Crippen molar-refractivity contribution >= 4 is 5.91 Å². The molecule has 0 saturated heterocycles. The van der Waals surface area contributed by atoms with Crippen LogP contribution in [0.15, 0.2) is 36.5 Å². The molecule has 0 spiro atoms. The van der Waals surface area contributed by atoms with Crippen LogP contribution >= 0.6 is 0 Å². The summed E-state index contributed by atoms with van der Waals surface area (Å²) in [5.41, 5.74) is 2.36. The summed E-state index contributed by atoms with van der Waals surface area (Å²) >= 11 is 0. The van der Waals surface area contributed by atoms with Crippen molar-refractivity contribution in [2.45, 2.75) is 19.9 Å². The third-order valence-electron chi connectivity index (χ3n) is 3.43. The van der Waals surface area contributed by atoms with Crippen LogP contribution < -0.4 is 14.8 Å². The van der Waals surface area contributed by atoms with Crippen LogP contribution in [0.3, 0.4) is 0 Å². The molecule has 2 rings (SSSR count). The largest absolute Gasteiger partial charge is 0.493 e. The van der Waals surface area contributed by atoms with Gasteiger partial charge in [0, 0.05) is 11.9 Å². The Balaban J connectivity index is 2.13. The van der Waals surface area contributed by atoms with E-state index in [-0.39, 0.29) is 11.9 Å². The number of pyridine rings is 1. The molecule has 0 aliphatic rings. The van der Waals surface area contributed by atoms with E-state index in [1.54, 1.807) is 26.5 Å². The summed E-state index contributed by atoms with van der Waals surface area (Å²) in [6.07, 6.45) is 1.58. The lowest BCUT2D eigenvalue weighted by atomic mass is 10.1. The number of aryl methyl sites for hydroxylation is 1. The summed E-state index contributed by atoms with van der Waals surface area (Å²) in [6.45, 7) is 3.80. The maximum atomic E-state index is 12.2. The Bertz CT molecular complexity index is 653. The van der Waals surface area contributed by atoms with Crippen LogP contribution in [-0.2, 0) is 0 Å². The lowest BCUT2D eigenvalue weighted by Gasteiger charge is -2.16. The van der Waals surface area contributed by atoms with Crippen molar-refractivity contribution < 1.29 is 14.3 Å². The molecule has 1 aromatic heterocycles. The van der Waals surface area contributed by atoms with Gasteiger partial charge in [0.15, 0.2) is 11.5 Å². The fourth-order valence-corrected chi connectivity index (χ4v) is 2.09. The minimum Gasteiger partial charge on any atom is -0.493 e. The molecule has 1 N–H and O–H groups in total. The highest BCUT2D eigenvalue weighted by Crippen LogP contribution is 2.29. The molecule has 116 valence electrons. The molecule has 1 atom stereocenters. The molecule has 0 aliphatic carbocycles. The van der Waals surface area contributed by atoms with Crippen molar-refractivity contribution in [2.75, 3.05) is 14.2 Å². The van der Waals surface area contributed by atoms with Crippen LogP contribution in [0.5, 0.6) is 11.5 Å². The molecule has 1 heterocycles. The summed E-state index contributed by atoms with van der Waals surface area (Å²) < 4.78 is 10.5. The van der Waals surface area contributed by atoms with Crippen molar-refractivity contribution in [3.05, 3.63) is 53.3 Å². The Kier molecular flexibility index (Phi) is 4.99. The first-order valence-corrected chi connectivity index (χ1v) is 7.00. The van der Waals surface area contributed by atoms with Gasteiger partial charge >= 0.3 is 0 Å². The van der Waals surface area contributed by atoms with E-state index >= 15 is 0 Å². The second kappa shape index (κ2) is 6.93. The predicted molar refractivity (Wildman–Crippen MR) is 84.4 cm³/mol. The first-order chi connectivity index (χ1) is 10.5. The van der Waals surface area contributed by atoms with Crippen molar-refractivity contribution in [1.29, 1.82) is 0 Å². The Morgan fingerprint density at radius 1 is 1.14 bits per heavy atom. The van der Waals surface area contributed by atoms with Gasteiger partial charge in [-0.2, -0.15) is 0 Å². The maximum Gasteiger partial charge on any atom is 0.253 e. The zero-order valence-corrected chi connectivity index (χ0v) is 13.2. The van der Waals surface area contributed by atoms with Gasteiger partial charge in [0.05, 0.1) is 25.8 Å². The van der Waals surface area contributed by atoms with E-state index in [4.69, 9.17) is 9.47 Å². The molecule has 1 unspecified atom stereocenters. The zero-order chi connectivity index (χ0) is 16.1. The number of amides is 1. The molecule has 5 heteroatoms. The highest BCUT2D eigenvalue weighted by Gasteiger charge is 2.14. The summed E-state index contributed by atoms with van der Waals surface area (Å²) in [5.74, 6) is 1.14. The van der Waals surface area contributed by atoms with Crippen molar-refractivity contribution in [2.24, 2.45) is 0 Å². The quantitative estimate of drug-likeness (QED) is 0.922. The second-order valence-electron chi connectivity index (χ2n) is 5.00. The van der Waals surface area contributed by atoms with Gasteiger partial charge < -0.3 is 14.8 Å². The van der Waals surface area contributed by atoms with Crippen LogP contribution in [0.4, 0.5) is 0 Å². The monoisotopic (exact) mass is 300 g/mol. The standard InChI is InChI=1S/C17H20N2O3/c1-11-5-6-14(10-18-11)17(20)19-12(2)13-7-8-15(21-3)16(9-13)22-4/h5-10,12H,1-4H3,(H,19,20). The number of methoxy groups -OCH3 is 2. The Morgan fingerprint density at radius 3 is 2.45 bits per heavy atom. The van der Waals surface area contributed by atoms with Crippen LogP contribution in [-0.4, -0.2) is 25.1 Å². The minimum absolute atomic E-state index is 0.158. The molecular weight excluding hydrogens is 280 g/mol. The van der Waals surface area contributed by atoms with E-state index in [9.17, 15) is 4.79 Å². The van der Waals surface area contributed by atoms with E-state index in [1.165, 1.54) is 0 Å². The first-order valence-electron chi connectivity index (χ1n) is 7.00. The number of aromatic nitrogens is 1. The number of nitrogens with one attached hydrogen (secondary N) is 1. The lowest BCUT2D eigenvalue weighted by molar-refractivity contribution is 0.0939. The van der Waals surface area contributed by atoms with E-state index in [0.29, 0.717) is 17.1 Å². The van der Waals surface area contributed by atoms with Gasteiger partial charge in [-0.15, -0.1) is 0 Å². The van der Waals surface area contributed by atoms with Gasteiger partial charge in [0.1, 0.15) is 0 Å². The number of carbonyl (C=O) groups excluding carboxylic acids is 1. The summed E-state index contributed by atoms with van der Waals surface area (Å²) in [6, 6.07) is 9.00. The number of hydrogen-bond acceptors (Lipinski definition) is 4. The number of nitrogens with zero attached hydrogens (tertiary/aromatic N) is 1.